The Kier molecular flexibility index (Phi) is 9.64. The standard InChI is InChI=1S/C29H23N9O6S.O3S/c1-14-8-10-21(19(12-14)29-32-16(3)38-44-29)33-35-22-11-9-17-13-23(45(40,41)42)26(27(39)24(17)25(22)30)36-34-20-7-5-4-6-18(20)28-31-15(2)37-43-28;1-4(2)3/h4-13,39H,30H2,1-3H3,(H,40,41,42);. The molecule has 0 saturated heterocycles. The molecule has 4 aromatic carbocycles. The van der Waals surface area contributed by atoms with Gasteiger partial charge in [0.15, 0.2) is 17.4 Å². The molecule has 0 spiro atoms. The molecule has 49 heavy (non-hydrogen) atoms. The zero-order valence-electron chi connectivity index (χ0n) is 25.5. The molecule has 2 aromatic heterocycles. The molecule has 0 aliphatic heterocycles. The minimum absolute atomic E-state index is 0.0188. The topological polar surface area (TPSA) is 279 Å². The van der Waals surface area contributed by atoms with Gasteiger partial charge in [0.05, 0.1) is 33.6 Å². The van der Waals surface area contributed by atoms with Crippen molar-refractivity contribution in [3.8, 4) is 28.7 Å². The Labute approximate surface area is 277 Å². The molecule has 0 saturated carbocycles. The van der Waals surface area contributed by atoms with E-state index in [0.29, 0.717) is 28.5 Å². The lowest BCUT2D eigenvalue weighted by Gasteiger charge is -2.12. The van der Waals surface area contributed by atoms with Gasteiger partial charge < -0.3 is 19.9 Å². The van der Waals surface area contributed by atoms with Crippen molar-refractivity contribution in [3.05, 3.63) is 77.9 Å². The van der Waals surface area contributed by atoms with Crippen LogP contribution in [-0.4, -0.2) is 51.0 Å². The number of hydrogen-bond acceptors (Lipinski definition) is 17. The van der Waals surface area contributed by atoms with Gasteiger partial charge in [-0.25, -0.2) is 0 Å². The normalized spacial score (nSPS) is 11.7. The van der Waals surface area contributed by atoms with E-state index in [1.807, 2.05) is 19.1 Å². The van der Waals surface area contributed by atoms with Crippen LogP contribution >= 0.6 is 0 Å². The molecule has 18 nitrogen and oxygen atoms in total. The highest BCUT2D eigenvalue weighted by Gasteiger charge is 2.24. The number of benzene rings is 4. The number of hydrogen-bond donors (Lipinski definition) is 3. The monoisotopic (exact) mass is 705 g/mol. The first-order chi connectivity index (χ1) is 23.2. The van der Waals surface area contributed by atoms with E-state index >= 15 is 0 Å². The maximum absolute atomic E-state index is 12.4. The Morgan fingerprint density at radius 1 is 0.755 bits per heavy atom. The number of phenols is 1. The first-order valence-corrected chi connectivity index (χ1v) is 16.1. The molecule has 0 bridgehead atoms. The fourth-order valence-corrected chi connectivity index (χ4v) is 5.17. The minimum Gasteiger partial charge on any atom is -0.505 e. The number of aromatic hydroxyl groups is 1. The molecule has 4 N–H and O–H groups in total. The zero-order chi connectivity index (χ0) is 35.5. The summed E-state index contributed by atoms with van der Waals surface area (Å²) in [5.74, 6) is 0.614. The van der Waals surface area contributed by atoms with E-state index < -0.39 is 37.1 Å². The zero-order valence-corrected chi connectivity index (χ0v) is 27.1. The lowest BCUT2D eigenvalue weighted by Crippen LogP contribution is -2.00. The molecule has 250 valence electrons. The largest absolute Gasteiger partial charge is 0.505 e. The van der Waals surface area contributed by atoms with E-state index in [4.69, 9.17) is 27.4 Å². The molecule has 0 unspecified atom stereocenters. The number of fused-ring (bicyclic) bond motifs is 1. The number of aryl methyl sites for hydroxylation is 3. The second kappa shape index (κ2) is 13.9. The summed E-state index contributed by atoms with van der Waals surface area (Å²) in [6.07, 6.45) is 0. The SMILES string of the molecule is Cc1ccc(N=Nc2ccc3cc(S(=O)(=O)O)c(N=Nc4ccccc4-c4nc(C)no4)c(O)c3c2N)c(-c2nc(C)no2)c1.O=S(=O)=O. The number of nitrogen functional groups attached to an aromatic ring is 1. The predicted octanol–water partition coefficient (Wildman–Crippen LogP) is 6.23. The molecule has 0 atom stereocenters. The molecule has 0 amide bonds. The second-order valence-corrected chi connectivity index (χ2v) is 11.9. The van der Waals surface area contributed by atoms with Gasteiger partial charge in [-0.1, -0.05) is 40.1 Å². The molecule has 0 radical (unpaired) electrons. The lowest BCUT2D eigenvalue weighted by atomic mass is 10.1. The van der Waals surface area contributed by atoms with Gasteiger partial charge in [-0.3, -0.25) is 4.55 Å². The summed E-state index contributed by atoms with van der Waals surface area (Å²) in [7, 11) is -7.98. The number of aromatic nitrogens is 4. The van der Waals surface area contributed by atoms with Gasteiger partial charge in [0.25, 0.3) is 21.9 Å². The van der Waals surface area contributed by atoms with Crippen LogP contribution in [0.25, 0.3) is 33.7 Å². The van der Waals surface area contributed by atoms with Crippen LogP contribution in [0.1, 0.15) is 17.2 Å². The Hall–Kier alpha value is -6.25. The van der Waals surface area contributed by atoms with Crippen LogP contribution in [-0.2, 0) is 20.7 Å². The maximum atomic E-state index is 12.4. The van der Waals surface area contributed by atoms with Crippen molar-refractivity contribution in [2.75, 3.05) is 5.73 Å². The summed E-state index contributed by atoms with van der Waals surface area (Å²) >= 11 is 0. The Morgan fingerprint density at radius 3 is 1.92 bits per heavy atom. The summed E-state index contributed by atoms with van der Waals surface area (Å²) in [5, 5.41) is 35.9. The summed E-state index contributed by atoms with van der Waals surface area (Å²) < 4.78 is 70.6. The molecule has 0 fully saturated rings. The first kappa shape index (κ1) is 34.1. The molecule has 0 aliphatic carbocycles. The van der Waals surface area contributed by atoms with Crippen LogP contribution in [0.3, 0.4) is 0 Å². The third kappa shape index (κ3) is 7.67. The van der Waals surface area contributed by atoms with Gasteiger partial charge >= 0.3 is 10.6 Å². The molecule has 0 aliphatic rings. The van der Waals surface area contributed by atoms with E-state index in [1.54, 1.807) is 44.2 Å². The van der Waals surface area contributed by atoms with E-state index in [-0.39, 0.29) is 39.6 Å². The van der Waals surface area contributed by atoms with Crippen LogP contribution in [0.4, 0.5) is 28.4 Å². The quantitative estimate of drug-likeness (QED) is 0.0943. The maximum Gasteiger partial charge on any atom is 0.425 e. The fraction of sp³-hybridized carbons (Fsp3) is 0.103. The van der Waals surface area contributed by atoms with E-state index in [0.717, 1.165) is 11.6 Å². The van der Waals surface area contributed by atoms with Crippen LogP contribution in [0, 0.1) is 20.8 Å². The molecule has 2 heterocycles. The summed E-state index contributed by atoms with van der Waals surface area (Å²) in [6.45, 7) is 5.24. The average Bonchev–Trinajstić information content (AvgIpc) is 3.67. The van der Waals surface area contributed by atoms with E-state index in [2.05, 4.69) is 40.7 Å². The Bertz CT molecular complexity index is 2510. The molecule has 6 aromatic rings. The summed E-state index contributed by atoms with van der Waals surface area (Å²) in [4.78, 5) is 7.77. The van der Waals surface area contributed by atoms with Crippen molar-refractivity contribution in [2.24, 2.45) is 20.5 Å². The lowest BCUT2D eigenvalue weighted by molar-refractivity contribution is 0.425. The predicted molar refractivity (Wildman–Crippen MR) is 172 cm³/mol. The van der Waals surface area contributed by atoms with Crippen LogP contribution in [0.2, 0.25) is 0 Å². The molecular formula is C29H23N9O9S2. The number of anilines is 1. The van der Waals surface area contributed by atoms with Gasteiger partial charge in [0, 0.05) is 0 Å². The molecule has 20 heteroatoms. The van der Waals surface area contributed by atoms with Crippen molar-refractivity contribution in [1.82, 2.24) is 20.3 Å². The van der Waals surface area contributed by atoms with Crippen molar-refractivity contribution in [3.63, 3.8) is 0 Å². The number of nitrogens with two attached hydrogens (primary N) is 1. The number of azo groups is 2. The highest BCUT2D eigenvalue weighted by molar-refractivity contribution is 7.86. The number of phenolic OH excluding ortho intramolecular Hbond substituents is 1. The minimum atomic E-state index is -4.87. The smallest absolute Gasteiger partial charge is 0.425 e. The van der Waals surface area contributed by atoms with Crippen molar-refractivity contribution in [2.45, 2.75) is 25.7 Å². The highest BCUT2D eigenvalue weighted by atomic mass is 32.2. The van der Waals surface area contributed by atoms with Gasteiger partial charge in [-0.2, -0.15) is 18.4 Å². The number of nitrogens with zero attached hydrogens (tertiary/aromatic N) is 8. The molecule has 6 rings (SSSR count). The summed E-state index contributed by atoms with van der Waals surface area (Å²) in [6, 6.07) is 16.1. The Balaban J connectivity index is 0.00000111. The van der Waals surface area contributed by atoms with Crippen molar-refractivity contribution in [1.29, 1.82) is 0 Å². The third-order valence-corrected chi connectivity index (χ3v) is 7.48. The first-order valence-electron chi connectivity index (χ1n) is 13.7. The van der Waals surface area contributed by atoms with Crippen LogP contribution in [0.15, 0.2) is 95.1 Å². The van der Waals surface area contributed by atoms with Crippen LogP contribution < -0.4 is 5.73 Å². The van der Waals surface area contributed by atoms with Gasteiger partial charge in [-0.15, -0.1) is 33.1 Å². The van der Waals surface area contributed by atoms with Crippen molar-refractivity contribution < 1.29 is 39.7 Å². The second-order valence-electron chi connectivity index (χ2n) is 10.1. The third-order valence-electron chi connectivity index (χ3n) is 6.61. The van der Waals surface area contributed by atoms with Gasteiger partial charge in [-0.05, 0) is 62.6 Å². The van der Waals surface area contributed by atoms with Gasteiger partial charge in [0.1, 0.15) is 16.3 Å². The van der Waals surface area contributed by atoms with Crippen LogP contribution in [0.5, 0.6) is 5.75 Å². The number of rotatable bonds is 7. The Morgan fingerprint density at radius 2 is 1.31 bits per heavy atom. The van der Waals surface area contributed by atoms with E-state index in [1.165, 1.54) is 12.1 Å². The summed E-state index contributed by atoms with van der Waals surface area (Å²) in [5.41, 5.74) is 8.54. The highest BCUT2D eigenvalue weighted by Crippen LogP contribution is 2.46. The van der Waals surface area contributed by atoms with Crippen molar-refractivity contribution >= 4 is 59.9 Å². The van der Waals surface area contributed by atoms with E-state index in [9.17, 15) is 18.1 Å². The fourth-order valence-electron chi connectivity index (χ4n) is 4.51. The molecular weight excluding hydrogens is 683 g/mol. The average molecular weight is 706 g/mol. The van der Waals surface area contributed by atoms with Gasteiger partial charge in [0.2, 0.25) is 0 Å².